The Morgan fingerprint density at radius 1 is 1.03 bits per heavy atom. The van der Waals surface area contributed by atoms with Gasteiger partial charge in [0.25, 0.3) is 5.56 Å². The van der Waals surface area contributed by atoms with Crippen LogP contribution in [0.25, 0.3) is 33.5 Å². The topological polar surface area (TPSA) is 69.6 Å². The van der Waals surface area contributed by atoms with Crippen LogP contribution in [0.2, 0.25) is 0 Å². The Kier molecular flexibility index (Phi) is 6.90. The first-order valence-electron chi connectivity index (χ1n) is 11.4. The van der Waals surface area contributed by atoms with Gasteiger partial charge < -0.3 is 9.15 Å². The standard InChI is InChI=1S/C28H23I2N3O3/c1-28(2,3)16-35-25-20(29)12-17(13-21(25)30)15-31-33-26(24-14-18-8-4-7-11-23(18)36-24)32-22-10-6-5-9-19(22)27(33)34/h4-15H,16H2,1-3H3. The van der Waals surface area contributed by atoms with Crippen molar-refractivity contribution in [2.45, 2.75) is 20.8 Å². The molecule has 36 heavy (non-hydrogen) atoms. The maximum atomic E-state index is 13.5. The van der Waals surface area contributed by atoms with E-state index in [0.29, 0.717) is 29.1 Å². The molecule has 0 atom stereocenters. The number of rotatable bonds is 5. The van der Waals surface area contributed by atoms with Crippen LogP contribution in [0.4, 0.5) is 0 Å². The summed E-state index contributed by atoms with van der Waals surface area (Å²) in [5, 5.41) is 6.00. The highest BCUT2D eigenvalue weighted by molar-refractivity contribution is 14.1. The molecule has 0 aliphatic carbocycles. The number of aromatic nitrogens is 2. The van der Waals surface area contributed by atoms with Gasteiger partial charge in [-0.15, -0.1) is 0 Å². The van der Waals surface area contributed by atoms with E-state index in [1.165, 1.54) is 4.68 Å². The van der Waals surface area contributed by atoms with E-state index in [1.807, 2.05) is 60.7 Å². The normalized spacial score (nSPS) is 12.1. The largest absolute Gasteiger partial charge is 0.491 e. The minimum Gasteiger partial charge on any atom is -0.491 e. The Labute approximate surface area is 235 Å². The molecule has 5 rings (SSSR count). The number of fused-ring (bicyclic) bond motifs is 2. The van der Waals surface area contributed by atoms with Crippen molar-refractivity contribution in [1.82, 2.24) is 9.66 Å². The number of hydrogen-bond donors (Lipinski definition) is 0. The van der Waals surface area contributed by atoms with Crippen LogP contribution in [0.1, 0.15) is 26.3 Å². The SMILES string of the molecule is CC(C)(C)COc1c(I)cc(C=Nn2c(-c3cc4ccccc4o3)nc3ccccc3c2=O)cc1I. The van der Waals surface area contributed by atoms with Crippen LogP contribution in [-0.2, 0) is 0 Å². The number of furan rings is 1. The van der Waals surface area contributed by atoms with E-state index < -0.39 is 0 Å². The van der Waals surface area contributed by atoms with Gasteiger partial charge in [-0.3, -0.25) is 4.79 Å². The third kappa shape index (κ3) is 5.19. The van der Waals surface area contributed by atoms with Crippen LogP contribution in [0, 0.1) is 12.6 Å². The lowest BCUT2D eigenvalue weighted by atomic mass is 9.99. The van der Waals surface area contributed by atoms with E-state index >= 15 is 0 Å². The molecule has 0 fully saturated rings. The summed E-state index contributed by atoms with van der Waals surface area (Å²) in [5.74, 6) is 1.68. The van der Waals surface area contributed by atoms with E-state index in [0.717, 1.165) is 29.4 Å². The molecule has 0 aliphatic rings. The molecule has 8 heteroatoms. The molecule has 5 aromatic rings. The van der Waals surface area contributed by atoms with Crippen molar-refractivity contribution in [3.63, 3.8) is 0 Å². The van der Waals surface area contributed by atoms with E-state index in [2.05, 4.69) is 71.1 Å². The molecule has 0 saturated carbocycles. The fraction of sp³-hybridized carbons (Fsp3) is 0.179. The molecule has 0 aliphatic heterocycles. The molecule has 0 spiro atoms. The van der Waals surface area contributed by atoms with Crippen molar-refractivity contribution in [2.75, 3.05) is 6.61 Å². The molecular weight excluding hydrogens is 680 g/mol. The predicted octanol–water partition coefficient (Wildman–Crippen LogP) is 7.33. The van der Waals surface area contributed by atoms with Crippen LogP contribution in [0.3, 0.4) is 0 Å². The molecule has 0 amide bonds. The fourth-order valence-electron chi connectivity index (χ4n) is 3.69. The molecule has 182 valence electrons. The maximum absolute atomic E-state index is 13.5. The van der Waals surface area contributed by atoms with Crippen molar-refractivity contribution >= 4 is 73.3 Å². The molecule has 2 heterocycles. The molecule has 0 unspecified atom stereocenters. The average molecular weight is 703 g/mol. The predicted molar refractivity (Wildman–Crippen MR) is 161 cm³/mol. The van der Waals surface area contributed by atoms with Crippen molar-refractivity contribution in [1.29, 1.82) is 0 Å². The van der Waals surface area contributed by atoms with Crippen LogP contribution in [0.5, 0.6) is 5.75 Å². The minimum absolute atomic E-state index is 0.0591. The van der Waals surface area contributed by atoms with Gasteiger partial charge in [0, 0.05) is 5.39 Å². The van der Waals surface area contributed by atoms with Gasteiger partial charge in [-0.2, -0.15) is 9.78 Å². The maximum Gasteiger partial charge on any atom is 0.282 e. The van der Waals surface area contributed by atoms with E-state index in [-0.39, 0.29) is 11.0 Å². The second-order valence-corrected chi connectivity index (χ2v) is 11.9. The third-order valence-electron chi connectivity index (χ3n) is 5.39. The number of hydrogen-bond acceptors (Lipinski definition) is 5. The van der Waals surface area contributed by atoms with Gasteiger partial charge in [0.05, 0.1) is 30.9 Å². The van der Waals surface area contributed by atoms with Crippen LogP contribution in [0.15, 0.2) is 81.0 Å². The summed E-state index contributed by atoms with van der Waals surface area (Å²) in [4.78, 5) is 18.2. The second-order valence-electron chi connectivity index (χ2n) is 9.63. The van der Waals surface area contributed by atoms with Crippen LogP contribution in [-0.4, -0.2) is 22.5 Å². The summed E-state index contributed by atoms with van der Waals surface area (Å²) >= 11 is 4.54. The Morgan fingerprint density at radius 2 is 1.72 bits per heavy atom. The van der Waals surface area contributed by atoms with Gasteiger partial charge in [-0.1, -0.05) is 51.1 Å². The molecule has 6 nitrogen and oxygen atoms in total. The van der Waals surface area contributed by atoms with Crippen molar-refractivity contribution in [2.24, 2.45) is 10.5 Å². The first-order valence-corrected chi connectivity index (χ1v) is 13.5. The molecule has 0 bridgehead atoms. The second kappa shape index (κ2) is 9.97. The van der Waals surface area contributed by atoms with Crippen molar-refractivity contribution < 1.29 is 9.15 Å². The van der Waals surface area contributed by atoms with Gasteiger partial charge in [-0.25, -0.2) is 4.98 Å². The Hall–Kier alpha value is -2.73. The monoisotopic (exact) mass is 703 g/mol. The summed E-state index contributed by atoms with van der Waals surface area (Å²) in [5.41, 5.74) is 1.96. The number of benzene rings is 3. The molecule has 0 saturated heterocycles. The molecule has 3 aromatic carbocycles. The summed E-state index contributed by atoms with van der Waals surface area (Å²) in [6, 6.07) is 20.8. The summed E-state index contributed by atoms with van der Waals surface area (Å²) < 4.78 is 15.4. The first-order chi connectivity index (χ1) is 17.2. The molecule has 2 aromatic heterocycles. The number of para-hydroxylation sites is 2. The highest BCUT2D eigenvalue weighted by Crippen LogP contribution is 2.31. The lowest BCUT2D eigenvalue weighted by Crippen LogP contribution is -2.20. The Morgan fingerprint density at radius 3 is 2.44 bits per heavy atom. The Bertz CT molecular complexity index is 1620. The smallest absolute Gasteiger partial charge is 0.282 e. The van der Waals surface area contributed by atoms with Crippen molar-refractivity contribution in [3.05, 3.63) is 89.8 Å². The first kappa shape index (κ1) is 24.9. The highest BCUT2D eigenvalue weighted by atomic mass is 127. The highest BCUT2D eigenvalue weighted by Gasteiger charge is 2.17. The molecule has 0 radical (unpaired) electrons. The summed E-state index contributed by atoms with van der Waals surface area (Å²) in [6.45, 7) is 7.04. The van der Waals surface area contributed by atoms with Crippen LogP contribution < -0.4 is 10.3 Å². The zero-order valence-corrected chi connectivity index (χ0v) is 24.3. The third-order valence-corrected chi connectivity index (χ3v) is 6.99. The van der Waals surface area contributed by atoms with E-state index in [4.69, 9.17) is 14.1 Å². The fourth-order valence-corrected chi connectivity index (χ4v) is 5.82. The van der Waals surface area contributed by atoms with Gasteiger partial charge in [0.1, 0.15) is 11.3 Å². The number of nitrogens with zero attached hydrogens (tertiary/aromatic N) is 3. The van der Waals surface area contributed by atoms with Crippen molar-refractivity contribution in [3.8, 4) is 17.3 Å². The summed E-state index contributed by atoms with van der Waals surface area (Å²) in [6.07, 6.45) is 1.67. The quantitative estimate of drug-likeness (QED) is 0.142. The van der Waals surface area contributed by atoms with Crippen LogP contribution >= 0.6 is 45.2 Å². The van der Waals surface area contributed by atoms with Gasteiger partial charge in [-0.05, 0) is 92.6 Å². The number of ether oxygens (including phenoxy) is 1. The molecular formula is C28H23I2N3O3. The van der Waals surface area contributed by atoms with Gasteiger partial charge in [0.2, 0.25) is 5.82 Å². The minimum atomic E-state index is -0.262. The Balaban J connectivity index is 1.59. The number of halogens is 2. The molecule has 0 N–H and O–H groups in total. The zero-order valence-electron chi connectivity index (χ0n) is 20.0. The average Bonchev–Trinajstić information content (AvgIpc) is 3.26. The van der Waals surface area contributed by atoms with E-state index in [9.17, 15) is 4.79 Å². The zero-order chi connectivity index (χ0) is 25.4. The lowest BCUT2D eigenvalue weighted by Gasteiger charge is -2.20. The van der Waals surface area contributed by atoms with Gasteiger partial charge in [0.15, 0.2) is 5.76 Å². The summed E-state index contributed by atoms with van der Waals surface area (Å²) in [7, 11) is 0. The lowest BCUT2D eigenvalue weighted by molar-refractivity contribution is 0.195. The van der Waals surface area contributed by atoms with Gasteiger partial charge >= 0.3 is 0 Å². The van der Waals surface area contributed by atoms with E-state index in [1.54, 1.807) is 12.3 Å².